The van der Waals surface area contributed by atoms with E-state index in [0.717, 1.165) is 6.54 Å². The summed E-state index contributed by atoms with van der Waals surface area (Å²) in [6.45, 7) is 6.95. The zero-order valence-corrected chi connectivity index (χ0v) is 12.0. The second-order valence-corrected chi connectivity index (χ2v) is 5.08. The maximum absolute atomic E-state index is 13.7. The number of hydrogen-bond donors (Lipinski definition) is 1. The molecular formula is C16H21FN2. The van der Waals surface area contributed by atoms with Gasteiger partial charge in [-0.15, -0.1) is 0 Å². The van der Waals surface area contributed by atoms with E-state index in [9.17, 15) is 4.39 Å². The second kappa shape index (κ2) is 5.57. The highest BCUT2D eigenvalue weighted by Crippen LogP contribution is 2.18. The summed E-state index contributed by atoms with van der Waals surface area (Å²) in [5, 5.41) is 3.38. The molecule has 0 spiro atoms. The molecule has 0 fully saturated rings. The van der Waals surface area contributed by atoms with Crippen LogP contribution in [0.25, 0.3) is 0 Å². The van der Waals surface area contributed by atoms with Gasteiger partial charge < -0.3 is 9.88 Å². The van der Waals surface area contributed by atoms with Gasteiger partial charge in [-0.2, -0.15) is 0 Å². The van der Waals surface area contributed by atoms with Crippen LogP contribution in [0, 0.1) is 19.7 Å². The van der Waals surface area contributed by atoms with Crippen LogP contribution >= 0.6 is 0 Å². The number of benzene rings is 1. The summed E-state index contributed by atoms with van der Waals surface area (Å²) in [5.41, 5.74) is 4.48. The Balaban J connectivity index is 2.06. The molecule has 0 bridgehead atoms. The third kappa shape index (κ3) is 2.87. The van der Waals surface area contributed by atoms with E-state index in [4.69, 9.17) is 0 Å². The van der Waals surface area contributed by atoms with Crippen molar-refractivity contribution < 1.29 is 4.39 Å². The first-order valence-corrected chi connectivity index (χ1v) is 6.60. The zero-order valence-electron chi connectivity index (χ0n) is 12.0. The van der Waals surface area contributed by atoms with E-state index in [2.05, 4.69) is 36.8 Å². The molecule has 19 heavy (non-hydrogen) atoms. The first kappa shape index (κ1) is 13.8. The number of aryl methyl sites for hydroxylation is 1. The van der Waals surface area contributed by atoms with E-state index in [0.29, 0.717) is 5.56 Å². The molecule has 3 heteroatoms. The predicted octanol–water partition coefficient (Wildman–Crippen LogP) is 3.63. The van der Waals surface area contributed by atoms with Crippen molar-refractivity contribution in [2.75, 3.05) is 0 Å². The highest BCUT2D eigenvalue weighted by molar-refractivity contribution is 5.27. The Hall–Kier alpha value is -1.61. The molecule has 1 atom stereocenters. The molecule has 102 valence electrons. The lowest BCUT2D eigenvalue weighted by atomic mass is 10.1. The van der Waals surface area contributed by atoms with Gasteiger partial charge in [0.15, 0.2) is 0 Å². The number of nitrogens with one attached hydrogen (secondary N) is 1. The topological polar surface area (TPSA) is 17.0 Å². The molecule has 1 aromatic carbocycles. The second-order valence-electron chi connectivity index (χ2n) is 5.08. The largest absolute Gasteiger partial charge is 0.352 e. The van der Waals surface area contributed by atoms with Crippen molar-refractivity contribution in [3.8, 4) is 0 Å². The summed E-state index contributed by atoms with van der Waals surface area (Å²) < 4.78 is 15.8. The Morgan fingerprint density at radius 3 is 2.53 bits per heavy atom. The van der Waals surface area contributed by atoms with Crippen molar-refractivity contribution in [3.05, 3.63) is 58.7 Å². The van der Waals surface area contributed by atoms with Crippen LogP contribution in [0.2, 0.25) is 0 Å². The van der Waals surface area contributed by atoms with Gasteiger partial charge in [0.1, 0.15) is 5.82 Å². The molecule has 0 aliphatic heterocycles. The van der Waals surface area contributed by atoms with E-state index in [1.165, 1.54) is 23.0 Å². The fourth-order valence-electron chi connectivity index (χ4n) is 2.31. The van der Waals surface area contributed by atoms with Crippen LogP contribution in [0.3, 0.4) is 0 Å². The van der Waals surface area contributed by atoms with Gasteiger partial charge in [-0.25, -0.2) is 4.39 Å². The van der Waals surface area contributed by atoms with E-state index < -0.39 is 0 Å². The summed E-state index contributed by atoms with van der Waals surface area (Å²) in [7, 11) is 2.06. The number of nitrogens with zero attached hydrogens (tertiary/aromatic N) is 1. The van der Waals surface area contributed by atoms with Crippen LogP contribution in [0.1, 0.15) is 35.5 Å². The van der Waals surface area contributed by atoms with Crippen LogP contribution < -0.4 is 5.32 Å². The summed E-state index contributed by atoms with van der Waals surface area (Å²) in [5.74, 6) is -0.150. The van der Waals surface area contributed by atoms with Crippen LogP contribution in [-0.2, 0) is 13.6 Å². The summed E-state index contributed by atoms with van der Waals surface area (Å²) in [6, 6.07) is 9.10. The number of rotatable bonds is 4. The summed E-state index contributed by atoms with van der Waals surface area (Å²) in [4.78, 5) is 0. The van der Waals surface area contributed by atoms with E-state index >= 15 is 0 Å². The molecule has 1 unspecified atom stereocenters. The Bertz CT molecular complexity index is 572. The quantitative estimate of drug-likeness (QED) is 0.888. The first-order valence-electron chi connectivity index (χ1n) is 6.60. The molecule has 0 amide bonds. The van der Waals surface area contributed by atoms with Gasteiger partial charge in [0.25, 0.3) is 0 Å². The average Bonchev–Trinajstić information content (AvgIpc) is 2.64. The number of aromatic nitrogens is 1. The van der Waals surface area contributed by atoms with Gasteiger partial charge in [0.05, 0.1) is 0 Å². The standard InChI is InChI=1S/C16H21FN2/c1-11-9-14(13(3)19(11)4)10-18-12(2)15-7-5-6-8-16(15)17/h5-9,12,18H,10H2,1-4H3. The van der Waals surface area contributed by atoms with Crippen molar-refractivity contribution >= 4 is 0 Å². The highest BCUT2D eigenvalue weighted by atomic mass is 19.1. The lowest BCUT2D eigenvalue weighted by Crippen LogP contribution is -2.19. The van der Waals surface area contributed by atoms with E-state index in [1.807, 2.05) is 19.1 Å². The van der Waals surface area contributed by atoms with Crippen molar-refractivity contribution in [3.63, 3.8) is 0 Å². The van der Waals surface area contributed by atoms with Crippen LogP contribution in [0.4, 0.5) is 4.39 Å². The maximum atomic E-state index is 13.7. The van der Waals surface area contributed by atoms with Gasteiger partial charge in [-0.05, 0) is 38.5 Å². The Labute approximate surface area is 114 Å². The Kier molecular flexibility index (Phi) is 4.05. The minimum absolute atomic E-state index is 0.00103. The molecule has 0 radical (unpaired) electrons. The van der Waals surface area contributed by atoms with Crippen LogP contribution in [-0.4, -0.2) is 4.57 Å². The van der Waals surface area contributed by atoms with Crippen molar-refractivity contribution in [1.29, 1.82) is 0 Å². The molecule has 0 aliphatic carbocycles. The SMILES string of the molecule is Cc1cc(CNC(C)c2ccccc2F)c(C)n1C. The minimum atomic E-state index is -0.150. The van der Waals surface area contributed by atoms with Gasteiger partial charge in [0.2, 0.25) is 0 Å². The molecular weight excluding hydrogens is 239 g/mol. The molecule has 2 rings (SSSR count). The molecule has 0 saturated carbocycles. The molecule has 0 saturated heterocycles. The summed E-state index contributed by atoms with van der Waals surface area (Å²) >= 11 is 0. The first-order chi connectivity index (χ1) is 9.00. The zero-order chi connectivity index (χ0) is 14.0. The lowest BCUT2D eigenvalue weighted by molar-refractivity contribution is 0.527. The molecule has 0 aliphatic rings. The third-order valence-electron chi connectivity index (χ3n) is 3.85. The monoisotopic (exact) mass is 260 g/mol. The van der Waals surface area contributed by atoms with Crippen LogP contribution in [0.15, 0.2) is 30.3 Å². The smallest absolute Gasteiger partial charge is 0.127 e. The van der Waals surface area contributed by atoms with Gasteiger partial charge >= 0.3 is 0 Å². The highest BCUT2D eigenvalue weighted by Gasteiger charge is 2.11. The Morgan fingerprint density at radius 1 is 1.26 bits per heavy atom. The maximum Gasteiger partial charge on any atom is 0.127 e. The molecule has 2 aromatic rings. The fraction of sp³-hybridized carbons (Fsp3) is 0.375. The van der Waals surface area contributed by atoms with Gasteiger partial charge in [0, 0.05) is 36.6 Å². The molecule has 1 heterocycles. The summed E-state index contributed by atoms with van der Waals surface area (Å²) in [6.07, 6.45) is 0. The van der Waals surface area contributed by atoms with Gasteiger partial charge in [-0.3, -0.25) is 0 Å². The molecule has 1 aromatic heterocycles. The minimum Gasteiger partial charge on any atom is -0.352 e. The Morgan fingerprint density at radius 2 is 1.95 bits per heavy atom. The van der Waals surface area contributed by atoms with E-state index in [1.54, 1.807) is 6.07 Å². The van der Waals surface area contributed by atoms with Crippen molar-refractivity contribution in [2.24, 2.45) is 7.05 Å². The predicted molar refractivity (Wildman–Crippen MR) is 76.5 cm³/mol. The molecule has 1 N–H and O–H groups in total. The van der Waals surface area contributed by atoms with Gasteiger partial charge in [-0.1, -0.05) is 18.2 Å². The number of hydrogen-bond acceptors (Lipinski definition) is 1. The van der Waals surface area contributed by atoms with Crippen molar-refractivity contribution in [2.45, 2.75) is 33.4 Å². The van der Waals surface area contributed by atoms with Crippen molar-refractivity contribution in [1.82, 2.24) is 9.88 Å². The number of halogens is 1. The molecule has 2 nitrogen and oxygen atoms in total. The normalized spacial score (nSPS) is 12.7. The average molecular weight is 260 g/mol. The van der Waals surface area contributed by atoms with E-state index in [-0.39, 0.29) is 11.9 Å². The third-order valence-corrected chi connectivity index (χ3v) is 3.85. The lowest BCUT2D eigenvalue weighted by Gasteiger charge is -2.15. The van der Waals surface area contributed by atoms with Crippen LogP contribution in [0.5, 0.6) is 0 Å². The fourth-order valence-corrected chi connectivity index (χ4v) is 2.31.